The zero-order valence-electron chi connectivity index (χ0n) is 21.0. The number of thiazole rings is 1. The van der Waals surface area contributed by atoms with Crippen LogP contribution in [0.15, 0.2) is 12.3 Å². The molecule has 12 heteroatoms. The smallest absolute Gasteiger partial charge is 0.389 e. The van der Waals surface area contributed by atoms with E-state index in [9.17, 15) is 27.9 Å². The number of halogens is 3. The summed E-state index contributed by atoms with van der Waals surface area (Å²) in [5, 5.41) is 14.9. The number of carbonyl (C=O) groups excluding carboxylic acids is 2. The van der Waals surface area contributed by atoms with Crippen LogP contribution >= 0.6 is 11.3 Å². The van der Waals surface area contributed by atoms with E-state index in [0.717, 1.165) is 37.5 Å². The van der Waals surface area contributed by atoms with Gasteiger partial charge >= 0.3 is 6.18 Å². The Balaban J connectivity index is 1.99. The zero-order valence-corrected chi connectivity index (χ0v) is 21.8. The monoisotopic (exact) mass is 527 g/mol. The van der Waals surface area contributed by atoms with Crippen molar-refractivity contribution in [1.82, 2.24) is 20.2 Å². The number of pyridine rings is 1. The van der Waals surface area contributed by atoms with Crippen molar-refractivity contribution in [1.29, 1.82) is 0 Å². The van der Waals surface area contributed by atoms with Crippen LogP contribution in [0.4, 0.5) is 19.0 Å². The molecular weight excluding hydrogens is 495 g/mol. The van der Waals surface area contributed by atoms with Crippen molar-refractivity contribution in [2.45, 2.75) is 77.7 Å². The van der Waals surface area contributed by atoms with Crippen LogP contribution in [0.5, 0.6) is 0 Å². The predicted molar refractivity (Wildman–Crippen MR) is 132 cm³/mol. The quantitative estimate of drug-likeness (QED) is 0.493. The first-order chi connectivity index (χ1) is 16.7. The highest BCUT2D eigenvalue weighted by molar-refractivity contribution is 7.17. The zero-order chi connectivity index (χ0) is 26.8. The van der Waals surface area contributed by atoms with Crippen molar-refractivity contribution in [2.24, 2.45) is 0 Å². The van der Waals surface area contributed by atoms with E-state index in [1.807, 2.05) is 6.92 Å². The van der Waals surface area contributed by atoms with E-state index >= 15 is 0 Å². The Kier molecular flexibility index (Phi) is 8.29. The Morgan fingerprint density at radius 3 is 2.58 bits per heavy atom. The Labute approximate surface area is 212 Å². The summed E-state index contributed by atoms with van der Waals surface area (Å²) in [5.74, 6) is -0.787. The maximum Gasteiger partial charge on any atom is 0.408 e. The summed E-state index contributed by atoms with van der Waals surface area (Å²) in [6.07, 6.45) is -0.284. The topological polar surface area (TPSA) is 107 Å². The first-order valence-electron chi connectivity index (χ1n) is 11.8. The minimum Gasteiger partial charge on any atom is -0.389 e. The second-order valence-corrected chi connectivity index (χ2v) is 10.8. The Morgan fingerprint density at radius 1 is 1.31 bits per heavy atom. The molecule has 0 radical (unpaired) electrons. The van der Waals surface area contributed by atoms with Crippen LogP contribution in [0.25, 0.3) is 10.4 Å². The number of rotatable bonds is 7. The van der Waals surface area contributed by atoms with Crippen molar-refractivity contribution in [3.8, 4) is 10.4 Å². The molecule has 3 heterocycles. The number of piperidine rings is 1. The standard InChI is InChI=1S/C24H32F3N5O3S/c1-13-10-17(30-15(3)24(25,26)27)28-11-16(13)19-18(22(34)32-9-7-6-8-14(32)2)31-21(36-19)20(33)29-12-23(4,5)35/h10-11,14-15,35H,6-9,12H2,1-5H3,(H,28,30)(H,29,33)/t14-,15?/m0/s1. The van der Waals surface area contributed by atoms with Gasteiger partial charge < -0.3 is 20.6 Å². The average Bonchev–Trinajstić information content (AvgIpc) is 3.21. The minimum atomic E-state index is -4.43. The third kappa shape index (κ3) is 6.73. The summed E-state index contributed by atoms with van der Waals surface area (Å²) in [5.41, 5.74) is 0.0625. The average molecular weight is 528 g/mol. The van der Waals surface area contributed by atoms with Gasteiger partial charge in [0.2, 0.25) is 0 Å². The molecule has 8 nitrogen and oxygen atoms in total. The van der Waals surface area contributed by atoms with Gasteiger partial charge in [-0.3, -0.25) is 9.59 Å². The number of carbonyl (C=O) groups is 2. The highest BCUT2D eigenvalue weighted by Crippen LogP contribution is 2.35. The van der Waals surface area contributed by atoms with Crippen LogP contribution in [0.1, 0.15) is 72.8 Å². The molecule has 1 aliphatic rings. The molecule has 1 unspecified atom stereocenters. The number of nitrogens with one attached hydrogen (secondary N) is 2. The Bertz CT molecular complexity index is 1110. The van der Waals surface area contributed by atoms with E-state index in [1.54, 1.807) is 25.7 Å². The molecule has 198 valence electrons. The van der Waals surface area contributed by atoms with E-state index in [0.29, 0.717) is 22.5 Å². The molecule has 2 aromatic rings. The van der Waals surface area contributed by atoms with Crippen molar-refractivity contribution in [3.05, 3.63) is 28.5 Å². The van der Waals surface area contributed by atoms with E-state index in [-0.39, 0.29) is 35.0 Å². The third-order valence-corrected chi connectivity index (χ3v) is 7.07. The summed E-state index contributed by atoms with van der Waals surface area (Å²) in [7, 11) is 0. The molecule has 1 saturated heterocycles. The third-order valence-electron chi connectivity index (χ3n) is 5.98. The molecule has 1 aliphatic heterocycles. The second-order valence-electron chi connectivity index (χ2n) is 9.83. The van der Waals surface area contributed by atoms with Gasteiger partial charge in [-0.2, -0.15) is 13.2 Å². The number of anilines is 1. The number of hydrogen-bond acceptors (Lipinski definition) is 7. The van der Waals surface area contributed by atoms with Crippen LogP contribution in [-0.4, -0.2) is 68.7 Å². The molecule has 3 N–H and O–H groups in total. The van der Waals surface area contributed by atoms with Gasteiger partial charge in [-0.1, -0.05) is 0 Å². The second kappa shape index (κ2) is 10.7. The molecule has 2 aromatic heterocycles. The van der Waals surface area contributed by atoms with Gasteiger partial charge in [0.15, 0.2) is 5.01 Å². The van der Waals surface area contributed by atoms with Crippen molar-refractivity contribution < 1.29 is 27.9 Å². The first kappa shape index (κ1) is 27.9. The van der Waals surface area contributed by atoms with Crippen LogP contribution in [0.2, 0.25) is 0 Å². The molecule has 36 heavy (non-hydrogen) atoms. The lowest BCUT2D eigenvalue weighted by Crippen LogP contribution is -2.42. The fraction of sp³-hybridized carbons (Fsp3) is 0.583. The van der Waals surface area contributed by atoms with Gasteiger partial charge in [-0.05, 0) is 65.5 Å². The van der Waals surface area contributed by atoms with E-state index in [1.165, 1.54) is 12.3 Å². The van der Waals surface area contributed by atoms with Gasteiger partial charge in [0.1, 0.15) is 17.6 Å². The summed E-state index contributed by atoms with van der Waals surface area (Å²) in [6, 6.07) is -0.298. The van der Waals surface area contributed by atoms with Crippen LogP contribution < -0.4 is 10.6 Å². The van der Waals surface area contributed by atoms with Gasteiger partial charge in [-0.25, -0.2) is 9.97 Å². The SMILES string of the molecule is Cc1cc(NC(C)C(F)(F)F)ncc1-c1sc(C(=O)NCC(C)(C)O)nc1C(=O)N1CCCC[C@@H]1C. The number of aryl methyl sites for hydroxylation is 1. The lowest BCUT2D eigenvalue weighted by Gasteiger charge is -2.33. The fourth-order valence-electron chi connectivity index (χ4n) is 3.83. The molecule has 0 saturated carbocycles. The minimum absolute atomic E-state index is 0.00841. The first-order valence-corrected chi connectivity index (χ1v) is 12.6. The van der Waals surface area contributed by atoms with Crippen molar-refractivity contribution >= 4 is 29.0 Å². The fourth-order valence-corrected chi connectivity index (χ4v) is 4.88. The van der Waals surface area contributed by atoms with E-state index in [4.69, 9.17) is 0 Å². The Hall–Kier alpha value is -2.73. The summed E-state index contributed by atoms with van der Waals surface area (Å²) >= 11 is 1.01. The van der Waals surface area contributed by atoms with Crippen LogP contribution in [0.3, 0.4) is 0 Å². The summed E-state index contributed by atoms with van der Waals surface area (Å²) in [4.78, 5) is 37.0. The van der Waals surface area contributed by atoms with Crippen molar-refractivity contribution in [3.63, 3.8) is 0 Å². The predicted octanol–water partition coefficient (Wildman–Crippen LogP) is 4.39. The van der Waals surface area contributed by atoms with Gasteiger partial charge in [0.25, 0.3) is 11.8 Å². The molecule has 0 aliphatic carbocycles. The summed E-state index contributed by atoms with van der Waals surface area (Å²) in [6.45, 7) is 8.34. The number of hydrogen-bond donors (Lipinski definition) is 3. The molecule has 0 spiro atoms. The molecule has 2 atom stereocenters. The molecule has 2 amide bonds. The van der Waals surface area contributed by atoms with Crippen LogP contribution in [0, 0.1) is 6.92 Å². The number of alkyl halides is 3. The van der Waals surface area contributed by atoms with Gasteiger partial charge in [-0.15, -0.1) is 11.3 Å². The highest BCUT2D eigenvalue weighted by Gasteiger charge is 2.36. The molecule has 0 aromatic carbocycles. The van der Waals surface area contributed by atoms with E-state index in [2.05, 4.69) is 20.6 Å². The molecule has 0 bridgehead atoms. The number of likely N-dealkylation sites (tertiary alicyclic amines) is 1. The van der Waals surface area contributed by atoms with E-state index < -0.39 is 23.7 Å². The number of amides is 2. The summed E-state index contributed by atoms with van der Waals surface area (Å²) < 4.78 is 38.9. The normalized spacial score (nSPS) is 17.6. The molecular formula is C24H32F3N5O3S. The lowest BCUT2D eigenvalue weighted by molar-refractivity contribution is -0.138. The van der Waals surface area contributed by atoms with Gasteiger partial charge in [0, 0.05) is 30.9 Å². The van der Waals surface area contributed by atoms with Gasteiger partial charge in [0.05, 0.1) is 10.5 Å². The highest BCUT2D eigenvalue weighted by atomic mass is 32.1. The Morgan fingerprint density at radius 2 is 2.00 bits per heavy atom. The number of aromatic nitrogens is 2. The largest absolute Gasteiger partial charge is 0.408 e. The number of nitrogens with zero attached hydrogens (tertiary/aromatic N) is 3. The lowest BCUT2D eigenvalue weighted by atomic mass is 10.0. The van der Waals surface area contributed by atoms with Crippen LogP contribution in [-0.2, 0) is 0 Å². The molecule has 1 fully saturated rings. The number of aliphatic hydroxyl groups is 1. The van der Waals surface area contributed by atoms with Crippen molar-refractivity contribution in [2.75, 3.05) is 18.4 Å². The molecule has 3 rings (SSSR count). The maximum atomic E-state index is 13.5. The maximum absolute atomic E-state index is 13.5.